The Morgan fingerprint density at radius 1 is 1.12 bits per heavy atom. The van der Waals surface area contributed by atoms with Crippen molar-refractivity contribution >= 4 is 52.0 Å². The molecule has 1 aromatic carbocycles. The van der Waals surface area contributed by atoms with Crippen LogP contribution < -0.4 is 15.5 Å². The lowest BCUT2D eigenvalue weighted by Crippen LogP contribution is -2.54. The number of rotatable bonds is 10. The molecule has 1 aliphatic rings. The number of hydrogen-bond acceptors (Lipinski definition) is 6. The summed E-state index contributed by atoms with van der Waals surface area (Å²) in [5, 5.41) is 4.00. The van der Waals surface area contributed by atoms with Crippen LogP contribution in [0.15, 0.2) is 30.3 Å². The van der Waals surface area contributed by atoms with E-state index in [1.165, 1.54) is 12.1 Å². The fourth-order valence-electron chi connectivity index (χ4n) is 3.86. The maximum absolute atomic E-state index is 13.9. The number of amides is 3. The van der Waals surface area contributed by atoms with Crippen molar-refractivity contribution in [1.29, 1.82) is 0 Å². The summed E-state index contributed by atoms with van der Waals surface area (Å²) in [7, 11) is 0. The number of anilines is 2. The maximum Gasteiger partial charge on any atom is 0.418 e. The van der Waals surface area contributed by atoms with Gasteiger partial charge in [-0.1, -0.05) is 11.6 Å². The molecule has 0 spiro atoms. The van der Waals surface area contributed by atoms with Gasteiger partial charge in [-0.05, 0) is 30.3 Å². The summed E-state index contributed by atoms with van der Waals surface area (Å²) in [6, 6.07) is 2.83. The molecule has 3 amide bonds. The second-order valence-corrected chi connectivity index (χ2v) is 10.3. The first-order chi connectivity index (χ1) is 19.0. The molecule has 8 nitrogen and oxygen atoms in total. The number of morpholine rings is 1. The summed E-state index contributed by atoms with van der Waals surface area (Å²) in [6.07, 6.45) is -13.6. The minimum Gasteiger partial charge on any atom is -0.370 e. The quantitative estimate of drug-likeness (QED) is 0.371. The Bertz CT molecular complexity index is 1260. The average Bonchev–Trinajstić information content (AvgIpc) is 3.29. The Labute approximate surface area is 236 Å². The number of alkyl halides is 8. The van der Waals surface area contributed by atoms with Gasteiger partial charge in [0.25, 0.3) is 18.2 Å². The molecule has 18 heteroatoms. The van der Waals surface area contributed by atoms with Crippen LogP contribution in [0.25, 0.3) is 0 Å². The normalized spacial score (nSPS) is 15.4. The number of carbonyl (C=O) groups is 3. The van der Waals surface area contributed by atoms with Crippen LogP contribution in [0.3, 0.4) is 0 Å². The molecule has 1 saturated heterocycles. The minimum atomic E-state index is -5.11. The maximum atomic E-state index is 13.9. The number of ether oxygens (including phenoxy) is 1. The lowest BCUT2D eigenvalue weighted by molar-refractivity contribution is -0.157. The molecule has 0 saturated carbocycles. The Kier molecular flexibility index (Phi) is 10.5. The lowest BCUT2D eigenvalue weighted by atomic mass is 10.1. The molecule has 3 rings (SSSR count). The van der Waals surface area contributed by atoms with Gasteiger partial charge in [-0.15, -0.1) is 11.3 Å². The molecule has 1 atom stereocenters. The van der Waals surface area contributed by atoms with E-state index in [0.29, 0.717) is 6.07 Å². The Balaban J connectivity index is 1.93. The zero-order valence-corrected chi connectivity index (χ0v) is 22.2. The standard InChI is InChI=1S/C23H21ClF8N4O4S/c24-17-4-3-16(41-17)21(39)33-8-15(35(9-18(25)26)11-22(27,28)29)20(38)34-14-2-1-12(7-13(14)23(30,31)32)36-5-6-40-10-19(36)37/h1-4,7,15,18H,5-6,8-11H2,(H,33,39)(H,34,38)/t15-/m1/s1. The summed E-state index contributed by atoms with van der Waals surface area (Å²) in [4.78, 5) is 38.6. The Morgan fingerprint density at radius 3 is 2.39 bits per heavy atom. The predicted octanol–water partition coefficient (Wildman–Crippen LogP) is 4.65. The molecule has 0 bridgehead atoms. The molecule has 0 unspecified atom stereocenters. The number of benzene rings is 1. The second kappa shape index (κ2) is 13.3. The number of hydrogen-bond donors (Lipinski definition) is 2. The van der Waals surface area contributed by atoms with Crippen LogP contribution in [0.1, 0.15) is 15.2 Å². The fourth-order valence-corrected chi connectivity index (χ4v) is 4.82. The molecule has 226 valence electrons. The van der Waals surface area contributed by atoms with Crippen LogP contribution in [0.2, 0.25) is 4.34 Å². The first kappa shape index (κ1) is 32.5. The minimum absolute atomic E-state index is 0.00963. The molecule has 2 N–H and O–H groups in total. The van der Waals surface area contributed by atoms with Crippen molar-refractivity contribution in [3.05, 3.63) is 45.1 Å². The highest BCUT2D eigenvalue weighted by atomic mass is 35.5. The van der Waals surface area contributed by atoms with E-state index in [4.69, 9.17) is 16.3 Å². The first-order valence-electron chi connectivity index (χ1n) is 11.6. The van der Waals surface area contributed by atoms with Gasteiger partial charge in [0.1, 0.15) is 12.6 Å². The largest absolute Gasteiger partial charge is 0.418 e. The van der Waals surface area contributed by atoms with E-state index in [0.717, 1.165) is 28.4 Å². The smallest absolute Gasteiger partial charge is 0.370 e. The fraction of sp³-hybridized carbons (Fsp3) is 0.435. The van der Waals surface area contributed by atoms with Gasteiger partial charge in [0.15, 0.2) is 0 Å². The van der Waals surface area contributed by atoms with Gasteiger partial charge in [0.05, 0.1) is 40.2 Å². The van der Waals surface area contributed by atoms with Crippen LogP contribution in [-0.2, 0) is 20.5 Å². The molecule has 2 heterocycles. The Morgan fingerprint density at radius 2 is 1.83 bits per heavy atom. The molecule has 1 fully saturated rings. The summed E-state index contributed by atoms with van der Waals surface area (Å²) >= 11 is 6.53. The summed E-state index contributed by atoms with van der Waals surface area (Å²) < 4.78 is 113. The second-order valence-electron chi connectivity index (χ2n) is 8.58. The number of nitrogens with one attached hydrogen (secondary N) is 2. The predicted molar refractivity (Wildman–Crippen MR) is 132 cm³/mol. The molecule has 1 aliphatic heterocycles. The van der Waals surface area contributed by atoms with Crippen molar-refractivity contribution in [2.45, 2.75) is 24.8 Å². The van der Waals surface area contributed by atoms with Crippen LogP contribution in [-0.4, -0.2) is 80.7 Å². The van der Waals surface area contributed by atoms with Crippen LogP contribution >= 0.6 is 22.9 Å². The molecular formula is C23H21ClF8N4O4S. The third-order valence-corrected chi connectivity index (χ3v) is 6.85. The van der Waals surface area contributed by atoms with E-state index >= 15 is 0 Å². The lowest BCUT2D eigenvalue weighted by Gasteiger charge is -2.32. The average molecular weight is 637 g/mol. The highest BCUT2D eigenvalue weighted by Gasteiger charge is 2.40. The zero-order valence-electron chi connectivity index (χ0n) is 20.6. The highest BCUT2D eigenvalue weighted by molar-refractivity contribution is 7.18. The van der Waals surface area contributed by atoms with Crippen molar-refractivity contribution < 1.29 is 54.2 Å². The molecule has 0 radical (unpaired) electrons. The Hall–Kier alpha value is -3.02. The zero-order chi connectivity index (χ0) is 30.5. The monoisotopic (exact) mass is 636 g/mol. The number of halogens is 9. The summed E-state index contributed by atoms with van der Waals surface area (Å²) in [5.74, 6) is -3.06. The van der Waals surface area contributed by atoms with Gasteiger partial charge in [-0.2, -0.15) is 26.3 Å². The van der Waals surface area contributed by atoms with Crippen LogP contribution in [0.4, 0.5) is 46.5 Å². The van der Waals surface area contributed by atoms with Crippen LogP contribution in [0, 0.1) is 0 Å². The van der Waals surface area contributed by atoms with Crippen molar-refractivity contribution in [2.24, 2.45) is 0 Å². The molecule has 0 aliphatic carbocycles. The van der Waals surface area contributed by atoms with Crippen LogP contribution in [0.5, 0.6) is 0 Å². The van der Waals surface area contributed by atoms with Gasteiger partial charge in [0.2, 0.25) is 5.91 Å². The van der Waals surface area contributed by atoms with Crippen molar-refractivity contribution in [2.75, 3.05) is 49.6 Å². The topological polar surface area (TPSA) is 91.0 Å². The van der Waals surface area contributed by atoms with Gasteiger partial charge in [-0.25, -0.2) is 8.78 Å². The third-order valence-electron chi connectivity index (χ3n) is 5.62. The SMILES string of the molecule is O=C(NC[C@H](C(=O)Nc1ccc(N2CCOCC2=O)cc1C(F)(F)F)N(CC(F)F)CC(F)(F)F)c1ccc(Cl)s1. The number of thiophene rings is 1. The van der Waals surface area contributed by atoms with E-state index < -0.39 is 73.4 Å². The van der Waals surface area contributed by atoms with Gasteiger partial charge in [0, 0.05) is 18.8 Å². The summed E-state index contributed by atoms with van der Waals surface area (Å²) in [5.41, 5.74) is -2.54. The molecular weight excluding hydrogens is 616 g/mol. The van der Waals surface area contributed by atoms with E-state index in [1.807, 2.05) is 5.32 Å². The van der Waals surface area contributed by atoms with Crippen molar-refractivity contribution in [3.8, 4) is 0 Å². The number of nitrogens with zero attached hydrogens (tertiary/aromatic N) is 2. The van der Waals surface area contributed by atoms with E-state index in [2.05, 4.69) is 5.32 Å². The third kappa shape index (κ3) is 9.24. The molecule has 2 aromatic rings. The van der Waals surface area contributed by atoms with Crippen molar-refractivity contribution in [3.63, 3.8) is 0 Å². The van der Waals surface area contributed by atoms with Gasteiger partial charge in [-0.3, -0.25) is 19.3 Å². The van der Waals surface area contributed by atoms with E-state index in [-0.39, 0.29) is 39.6 Å². The highest BCUT2D eigenvalue weighted by Crippen LogP contribution is 2.38. The van der Waals surface area contributed by atoms with Gasteiger partial charge >= 0.3 is 12.4 Å². The first-order valence-corrected chi connectivity index (χ1v) is 12.8. The summed E-state index contributed by atoms with van der Waals surface area (Å²) in [6.45, 7) is -4.95. The van der Waals surface area contributed by atoms with E-state index in [9.17, 15) is 49.5 Å². The van der Waals surface area contributed by atoms with Crippen molar-refractivity contribution in [1.82, 2.24) is 10.2 Å². The number of carbonyl (C=O) groups excluding carboxylic acids is 3. The molecule has 41 heavy (non-hydrogen) atoms. The van der Waals surface area contributed by atoms with Gasteiger partial charge < -0.3 is 20.3 Å². The molecule has 1 aromatic heterocycles. The van der Waals surface area contributed by atoms with E-state index in [1.54, 1.807) is 0 Å².